The molecule has 18 heavy (non-hydrogen) atoms. The first-order valence-corrected chi connectivity index (χ1v) is 8.23. The molecule has 0 nitrogen and oxygen atoms in total. The highest BCUT2D eigenvalue weighted by molar-refractivity contribution is 8.00. The lowest BCUT2D eigenvalue weighted by molar-refractivity contribution is 0.574. The monoisotopic (exact) mass is 260 g/mol. The zero-order chi connectivity index (χ0) is 12.9. The van der Waals surface area contributed by atoms with E-state index in [1.807, 2.05) is 0 Å². The molecule has 0 amide bonds. The lowest BCUT2D eigenvalue weighted by Crippen LogP contribution is -2.13. The zero-order valence-corrected chi connectivity index (χ0v) is 12.9. The second-order valence-electron chi connectivity index (χ2n) is 6.81. The summed E-state index contributed by atoms with van der Waals surface area (Å²) in [5.41, 5.74) is 5.20. The van der Waals surface area contributed by atoms with E-state index in [0.717, 1.165) is 11.2 Å². The van der Waals surface area contributed by atoms with Crippen molar-refractivity contribution in [1.82, 2.24) is 0 Å². The highest BCUT2D eigenvalue weighted by atomic mass is 32.2. The van der Waals surface area contributed by atoms with Gasteiger partial charge in [-0.15, -0.1) is 11.8 Å². The first-order valence-electron chi connectivity index (χ1n) is 7.35. The second-order valence-corrected chi connectivity index (χ2v) is 8.06. The van der Waals surface area contributed by atoms with E-state index in [1.165, 1.54) is 25.7 Å². The van der Waals surface area contributed by atoms with Crippen molar-refractivity contribution in [3.63, 3.8) is 0 Å². The first kappa shape index (κ1) is 12.6. The van der Waals surface area contributed by atoms with Gasteiger partial charge in [0.1, 0.15) is 0 Å². The third kappa shape index (κ3) is 1.82. The molecule has 0 spiro atoms. The van der Waals surface area contributed by atoms with Gasteiger partial charge in [0.05, 0.1) is 0 Å². The average Bonchev–Trinajstić information content (AvgIpc) is 2.85. The molecule has 1 aromatic carbocycles. The van der Waals surface area contributed by atoms with Gasteiger partial charge in [-0.25, -0.2) is 0 Å². The zero-order valence-electron chi connectivity index (χ0n) is 12.0. The summed E-state index contributed by atoms with van der Waals surface area (Å²) >= 11 is 2.19. The maximum absolute atomic E-state index is 2.40. The average molecular weight is 260 g/mol. The maximum Gasteiger partial charge on any atom is 0.0164 e. The van der Waals surface area contributed by atoms with Gasteiger partial charge in [0.25, 0.3) is 0 Å². The summed E-state index contributed by atoms with van der Waals surface area (Å²) in [4.78, 5) is 1.65. The molecule has 2 unspecified atom stereocenters. The summed E-state index contributed by atoms with van der Waals surface area (Å²) in [6.45, 7) is 9.36. The molecule has 98 valence electrons. The number of fused-ring (bicyclic) bond motifs is 3. The van der Waals surface area contributed by atoms with Crippen LogP contribution in [0.4, 0.5) is 0 Å². The van der Waals surface area contributed by atoms with Crippen LogP contribution in [0.5, 0.6) is 0 Å². The van der Waals surface area contributed by atoms with Gasteiger partial charge in [-0.05, 0) is 47.3 Å². The molecule has 0 aromatic heterocycles. The number of hydrogen-bond acceptors (Lipinski definition) is 1. The van der Waals surface area contributed by atoms with Gasteiger partial charge < -0.3 is 0 Å². The fourth-order valence-corrected chi connectivity index (χ4v) is 5.56. The lowest BCUT2D eigenvalue weighted by atomic mass is 9.82. The van der Waals surface area contributed by atoms with E-state index in [2.05, 4.69) is 51.6 Å². The quantitative estimate of drug-likeness (QED) is 0.661. The van der Waals surface area contributed by atoms with E-state index >= 15 is 0 Å². The van der Waals surface area contributed by atoms with Gasteiger partial charge in [-0.2, -0.15) is 0 Å². The molecule has 1 saturated carbocycles. The standard InChI is InChI=1S/C17H24S/c1-5-11-9-10-13(17(2,3)4)16-15(11)12-7-6-8-14(12)18-16/h9-10,12,14H,5-8H2,1-4H3. The highest BCUT2D eigenvalue weighted by Gasteiger charge is 2.40. The minimum atomic E-state index is 0.280. The molecule has 2 aliphatic rings. The number of rotatable bonds is 1. The Labute approximate surface area is 116 Å². The van der Waals surface area contributed by atoms with E-state index in [9.17, 15) is 0 Å². The van der Waals surface area contributed by atoms with Crippen molar-refractivity contribution in [2.75, 3.05) is 0 Å². The maximum atomic E-state index is 2.40. The second kappa shape index (κ2) is 4.30. The molecule has 1 aliphatic heterocycles. The van der Waals surface area contributed by atoms with E-state index < -0.39 is 0 Å². The minimum Gasteiger partial charge on any atom is -0.121 e. The van der Waals surface area contributed by atoms with Crippen LogP contribution in [0.25, 0.3) is 0 Å². The summed E-state index contributed by atoms with van der Waals surface area (Å²) < 4.78 is 0. The summed E-state index contributed by atoms with van der Waals surface area (Å²) in [6, 6.07) is 4.80. The van der Waals surface area contributed by atoms with Crippen molar-refractivity contribution in [3.8, 4) is 0 Å². The molecule has 1 fully saturated rings. The summed E-state index contributed by atoms with van der Waals surface area (Å²) in [6.07, 6.45) is 5.48. The third-order valence-electron chi connectivity index (χ3n) is 4.57. The topological polar surface area (TPSA) is 0 Å². The largest absolute Gasteiger partial charge is 0.121 e. The third-order valence-corrected chi connectivity index (χ3v) is 6.11. The molecular formula is C17H24S. The van der Waals surface area contributed by atoms with Gasteiger partial charge in [0.2, 0.25) is 0 Å². The van der Waals surface area contributed by atoms with Crippen LogP contribution in [-0.4, -0.2) is 5.25 Å². The van der Waals surface area contributed by atoms with Crippen LogP contribution in [0, 0.1) is 0 Å². The van der Waals surface area contributed by atoms with Crippen molar-refractivity contribution < 1.29 is 0 Å². The molecule has 2 atom stereocenters. The van der Waals surface area contributed by atoms with Crippen LogP contribution in [0.1, 0.15) is 69.6 Å². The molecule has 0 bridgehead atoms. The molecule has 1 heterocycles. The van der Waals surface area contributed by atoms with Gasteiger partial charge in [0.15, 0.2) is 0 Å². The Morgan fingerprint density at radius 2 is 2.00 bits per heavy atom. The molecule has 0 saturated heterocycles. The van der Waals surface area contributed by atoms with Gasteiger partial charge in [-0.1, -0.05) is 46.2 Å². The molecule has 0 radical (unpaired) electrons. The first-order chi connectivity index (χ1) is 8.52. The van der Waals surface area contributed by atoms with Crippen molar-refractivity contribution in [3.05, 3.63) is 28.8 Å². The Morgan fingerprint density at radius 3 is 2.67 bits per heavy atom. The van der Waals surface area contributed by atoms with E-state index in [-0.39, 0.29) is 5.41 Å². The smallest absolute Gasteiger partial charge is 0.0164 e. The van der Waals surface area contributed by atoms with Crippen LogP contribution in [-0.2, 0) is 11.8 Å². The predicted molar refractivity (Wildman–Crippen MR) is 80.8 cm³/mol. The van der Waals surface area contributed by atoms with Crippen molar-refractivity contribution in [2.24, 2.45) is 0 Å². The van der Waals surface area contributed by atoms with Gasteiger partial charge >= 0.3 is 0 Å². The Hall–Kier alpha value is -0.430. The Morgan fingerprint density at radius 1 is 1.22 bits per heavy atom. The molecule has 1 heteroatoms. The van der Waals surface area contributed by atoms with Crippen LogP contribution in [0.2, 0.25) is 0 Å². The van der Waals surface area contributed by atoms with Gasteiger partial charge in [0, 0.05) is 10.1 Å². The number of benzene rings is 1. The molecule has 1 aliphatic carbocycles. The van der Waals surface area contributed by atoms with Crippen LogP contribution >= 0.6 is 11.8 Å². The van der Waals surface area contributed by atoms with E-state index in [1.54, 1.807) is 21.6 Å². The van der Waals surface area contributed by atoms with Crippen LogP contribution in [0.3, 0.4) is 0 Å². The van der Waals surface area contributed by atoms with Crippen molar-refractivity contribution >= 4 is 11.8 Å². The van der Waals surface area contributed by atoms with E-state index in [4.69, 9.17) is 0 Å². The highest BCUT2D eigenvalue weighted by Crippen LogP contribution is 2.56. The predicted octanol–water partition coefficient (Wildman–Crippen LogP) is 5.29. The summed E-state index contributed by atoms with van der Waals surface area (Å²) in [5, 5.41) is 0.883. The van der Waals surface area contributed by atoms with Gasteiger partial charge in [-0.3, -0.25) is 0 Å². The Balaban J connectivity index is 2.17. The number of hydrogen-bond donors (Lipinski definition) is 0. The fraction of sp³-hybridized carbons (Fsp3) is 0.647. The minimum absolute atomic E-state index is 0.280. The van der Waals surface area contributed by atoms with Crippen molar-refractivity contribution in [1.29, 1.82) is 0 Å². The number of aryl methyl sites for hydroxylation is 1. The summed E-state index contributed by atoms with van der Waals surface area (Å²) in [7, 11) is 0. The lowest BCUT2D eigenvalue weighted by Gasteiger charge is -2.24. The summed E-state index contributed by atoms with van der Waals surface area (Å²) in [5.74, 6) is 0.863. The van der Waals surface area contributed by atoms with Crippen molar-refractivity contribution in [2.45, 2.75) is 74.9 Å². The fourth-order valence-electron chi connectivity index (χ4n) is 3.62. The number of thioether (sulfide) groups is 1. The Bertz CT molecular complexity index is 467. The van der Waals surface area contributed by atoms with Crippen LogP contribution < -0.4 is 0 Å². The Kier molecular flexibility index (Phi) is 3.01. The van der Waals surface area contributed by atoms with Crippen LogP contribution in [0.15, 0.2) is 17.0 Å². The van der Waals surface area contributed by atoms with E-state index in [0.29, 0.717) is 0 Å². The SMILES string of the molecule is CCc1ccc(C(C)(C)C)c2c1C1CCCC1S2. The normalized spacial score (nSPS) is 26.2. The molecule has 1 aromatic rings. The molecule has 0 N–H and O–H groups in total. The molecule has 3 rings (SSSR count). The molecular weight excluding hydrogens is 236 g/mol.